The Kier molecular flexibility index (Phi) is 6.64. The number of nitrogens with one attached hydrogen (secondary N) is 1. The maximum absolute atomic E-state index is 13.4. The fourth-order valence-corrected chi connectivity index (χ4v) is 5.39. The Morgan fingerprint density at radius 1 is 1.35 bits per heavy atom. The molecule has 1 aromatic rings. The first kappa shape index (κ1) is 24.5. The van der Waals surface area contributed by atoms with Crippen LogP contribution in [0.3, 0.4) is 0 Å². The highest BCUT2D eigenvalue weighted by Gasteiger charge is 2.52. The van der Waals surface area contributed by atoms with Gasteiger partial charge in [-0.25, -0.2) is 4.99 Å². The summed E-state index contributed by atoms with van der Waals surface area (Å²) in [6.45, 7) is 8.49. The molecular weight excluding hydrogens is 432 g/mol. The van der Waals surface area contributed by atoms with E-state index in [4.69, 9.17) is 15.2 Å². The van der Waals surface area contributed by atoms with E-state index >= 15 is 0 Å². The topological polar surface area (TPSA) is 106 Å². The van der Waals surface area contributed by atoms with E-state index in [9.17, 15) is 9.59 Å². The molecule has 34 heavy (non-hydrogen) atoms. The van der Waals surface area contributed by atoms with Gasteiger partial charge < -0.3 is 20.5 Å². The van der Waals surface area contributed by atoms with Crippen molar-refractivity contribution in [3.63, 3.8) is 0 Å². The number of aliphatic imine (C=N–C) groups is 1. The molecule has 5 unspecified atom stereocenters. The molecule has 8 heteroatoms. The standard InChI is InChI=1S/C26H38N4O4/c1-6-26(4)14-19(16-9-7-8-10-21(16)34-26)28-23(32)18-13-17(18)20(11-12-33-5)30-22(31)15-25(2,3)29-24(30)27/h7-10,17-20H,6,11-15H2,1-5H3,(H2,27,29)(H,28,32). The molecule has 0 saturated heterocycles. The van der Waals surface area contributed by atoms with Gasteiger partial charge >= 0.3 is 0 Å². The third kappa shape index (κ3) is 4.92. The molecular formula is C26H38N4O4. The normalized spacial score (nSPS) is 30.6. The van der Waals surface area contributed by atoms with Gasteiger partial charge in [-0.15, -0.1) is 0 Å². The Morgan fingerprint density at radius 3 is 2.76 bits per heavy atom. The van der Waals surface area contributed by atoms with Crippen LogP contribution in [0.25, 0.3) is 0 Å². The molecule has 1 fully saturated rings. The van der Waals surface area contributed by atoms with Crippen LogP contribution in [0.1, 0.15) is 71.4 Å². The molecule has 4 rings (SSSR count). The number of nitrogens with zero attached hydrogens (tertiary/aromatic N) is 2. The summed E-state index contributed by atoms with van der Waals surface area (Å²) in [5.74, 6) is 0.918. The third-order valence-electron chi connectivity index (χ3n) is 7.49. The van der Waals surface area contributed by atoms with Crippen molar-refractivity contribution in [3.05, 3.63) is 29.8 Å². The second-order valence-electron chi connectivity index (χ2n) is 10.8. The minimum Gasteiger partial charge on any atom is -0.487 e. The molecule has 2 heterocycles. The lowest BCUT2D eigenvalue weighted by Crippen LogP contribution is -2.55. The lowest BCUT2D eigenvalue weighted by Gasteiger charge is -2.40. The zero-order chi connectivity index (χ0) is 24.7. The molecule has 0 aromatic heterocycles. The number of carbonyl (C=O) groups is 2. The average molecular weight is 471 g/mol. The number of benzene rings is 1. The maximum atomic E-state index is 13.4. The highest BCUT2D eigenvalue weighted by atomic mass is 16.5. The molecule has 2 aliphatic heterocycles. The molecule has 1 aromatic carbocycles. The number of para-hydroxylation sites is 1. The predicted molar refractivity (Wildman–Crippen MR) is 130 cm³/mol. The van der Waals surface area contributed by atoms with Crippen LogP contribution in [0.5, 0.6) is 5.75 Å². The van der Waals surface area contributed by atoms with E-state index in [1.165, 1.54) is 0 Å². The Labute approximate surface area is 202 Å². The van der Waals surface area contributed by atoms with E-state index < -0.39 is 5.54 Å². The van der Waals surface area contributed by atoms with Gasteiger partial charge in [0.15, 0.2) is 5.96 Å². The average Bonchev–Trinajstić information content (AvgIpc) is 3.55. The van der Waals surface area contributed by atoms with Gasteiger partial charge in [0.25, 0.3) is 0 Å². The summed E-state index contributed by atoms with van der Waals surface area (Å²) in [6, 6.07) is 7.61. The minimum atomic E-state index is -0.508. The Bertz CT molecular complexity index is 977. The molecule has 186 valence electrons. The summed E-state index contributed by atoms with van der Waals surface area (Å²) in [5, 5.41) is 3.29. The quantitative estimate of drug-likeness (QED) is 0.607. The van der Waals surface area contributed by atoms with E-state index in [0.29, 0.717) is 19.4 Å². The van der Waals surface area contributed by atoms with Gasteiger partial charge in [-0.05, 0) is 52.0 Å². The van der Waals surface area contributed by atoms with Crippen LogP contribution in [0.2, 0.25) is 0 Å². The van der Waals surface area contributed by atoms with Gasteiger partial charge in [0.2, 0.25) is 11.8 Å². The Morgan fingerprint density at radius 2 is 2.09 bits per heavy atom. The number of methoxy groups -OCH3 is 1. The first-order valence-electron chi connectivity index (χ1n) is 12.3. The number of fused-ring (bicyclic) bond motifs is 1. The first-order valence-corrected chi connectivity index (χ1v) is 12.3. The van der Waals surface area contributed by atoms with Gasteiger partial charge in [0, 0.05) is 37.7 Å². The molecule has 0 spiro atoms. The molecule has 1 saturated carbocycles. The number of amides is 2. The minimum absolute atomic E-state index is 0.0212. The number of carbonyl (C=O) groups excluding carboxylic acids is 2. The summed E-state index contributed by atoms with van der Waals surface area (Å²) in [7, 11) is 1.64. The summed E-state index contributed by atoms with van der Waals surface area (Å²) in [6.07, 6.45) is 3.20. The zero-order valence-electron chi connectivity index (χ0n) is 21.0. The van der Waals surface area contributed by atoms with Gasteiger partial charge in [-0.1, -0.05) is 25.1 Å². The molecule has 5 atom stereocenters. The van der Waals surface area contributed by atoms with E-state index in [2.05, 4.69) is 24.2 Å². The number of guanidine groups is 1. The molecule has 3 N–H and O–H groups in total. The van der Waals surface area contributed by atoms with Crippen molar-refractivity contribution in [3.8, 4) is 5.75 Å². The largest absolute Gasteiger partial charge is 0.487 e. The van der Waals surface area contributed by atoms with Gasteiger partial charge in [0.1, 0.15) is 11.4 Å². The van der Waals surface area contributed by atoms with Crippen molar-refractivity contribution in [1.29, 1.82) is 0 Å². The van der Waals surface area contributed by atoms with Crippen LogP contribution in [0.15, 0.2) is 29.3 Å². The highest BCUT2D eigenvalue weighted by molar-refractivity contribution is 5.99. The van der Waals surface area contributed by atoms with Crippen LogP contribution in [-0.2, 0) is 14.3 Å². The van der Waals surface area contributed by atoms with Crippen molar-refractivity contribution < 1.29 is 19.1 Å². The van der Waals surface area contributed by atoms with Crippen molar-refractivity contribution in [2.45, 2.75) is 83.0 Å². The van der Waals surface area contributed by atoms with Gasteiger partial charge in [0.05, 0.1) is 18.0 Å². The molecule has 2 amide bonds. The van der Waals surface area contributed by atoms with Gasteiger partial charge in [-0.3, -0.25) is 14.5 Å². The third-order valence-corrected chi connectivity index (χ3v) is 7.49. The Balaban J connectivity index is 1.50. The Hall–Kier alpha value is -2.61. The summed E-state index contributed by atoms with van der Waals surface area (Å²) in [5.41, 5.74) is 6.43. The summed E-state index contributed by atoms with van der Waals surface area (Å²) in [4.78, 5) is 32.5. The van der Waals surface area contributed by atoms with Crippen molar-refractivity contribution in [2.24, 2.45) is 22.6 Å². The number of rotatable bonds is 8. The fourth-order valence-electron chi connectivity index (χ4n) is 5.39. The highest BCUT2D eigenvalue weighted by Crippen LogP contribution is 2.47. The fraction of sp³-hybridized carbons (Fsp3) is 0.654. The van der Waals surface area contributed by atoms with Gasteiger partial charge in [-0.2, -0.15) is 0 Å². The van der Waals surface area contributed by atoms with Crippen LogP contribution in [-0.4, -0.2) is 53.6 Å². The van der Waals surface area contributed by atoms with Crippen molar-refractivity contribution in [2.75, 3.05) is 13.7 Å². The molecule has 8 nitrogen and oxygen atoms in total. The molecule has 0 bridgehead atoms. The number of nitrogens with two attached hydrogens (primary N) is 1. The maximum Gasteiger partial charge on any atom is 0.231 e. The van der Waals surface area contributed by atoms with E-state index in [1.807, 2.05) is 38.1 Å². The predicted octanol–water partition coefficient (Wildman–Crippen LogP) is 3.16. The first-order chi connectivity index (χ1) is 16.1. The SMILES string of the molecule is CCC1(C)CC(NC(=O)C2CC2C(CCOC)N2C(=O)CC(C)(C)N=C2N)c2ccccc2O1. The van der Waals surface area contributed by atoms with E-state index in [1.54, 1.807) is 12.0 Å². The number of hydrogen-bond acceptors (Lipinski definition) is 6. The lowest BCUT2D eigenvalue weighted by atomic mass is 9.86. The second kappa shape index (κ2) is 9.21. The summed E-state index contributed by atoms with van der Waals surface area (Å²) < 4.78 is 11.6. The monoisotopic (exact) mass is 470 g/mol. The van der Waals surface area contributed by atoms with E-state index in [-0.39, 0.29) is 47.3 Å². The summed E-state index contributed by atoms with van der Waals surface area (Å²) >= 11 is 0. The molecule has 1 aliphatic carbocycles. The number of hydrogen-bond donors (Lipinski definition) is 2. The zero-order valence-corrected chi connectivity index (χ0v) is 21.0. The van der Waals surface area contributed by atoms with Crippen molar-refractivity contribution >= 4 is 17.8 Å². The molecule has 0 radical (unpaired) electrons. The lowest BCUT2D eigenvalue weighted by molar-refractivity contribution is -0.132. The van der Waals surface area contributed by atoms with Crippen LogP contribution >= 0.6 is 0 Å². The molecule has 3 aliphatic rings. The van der Waals surface area contributed by atoms with Crippen LogP contribution < -0.4 is 15.8 Å². The second-order valence-corrected chi connectivity index (χ2v) is 10.8. The van der Waals surface area contributed by atoms with Crippen LogP contribution in [0.4, 0.5) is 0 Å². The number of ether oxygens (including phenoxy) is 2. The van der Waals surface area contributed by atoms with Crippen molar-refractivity contribution in [1.82, 2.24) is 10.2 Å². The van der Waals surface area contributed by atoms with E-state index in [0.717, 1.165) is 30.6 Å². The smallest absolute Gasteiger partial charge is 0.231 e. The van der Waals surface area contributed by atoms with Crippen LogP contribution in [0, 0.1) is 11.8 Å².